The highest BCUT2D eigenvalue weighted by atomic mass is 16.4. The van der Waals surface area contributed by atoms with Crippen molar-refractivity contribution in [3.05, 3.63) is 35.9 Å². The van der Waals surface area contributed by atoms with Crippen LogP contribution in [0.15, 0.2) is 30.3 Å². The van der Waals surface area contributed by atoms with Gasteiger partial charge in [0.25, 0.3) is 0 Å². The third-order valence-electron chi connectivity index (χ3n) is 4.65. The number of carbonyl (C=O) groups is 1. The summed E-state index contributed by atoms with van der Waals surface area (Å²) in [6.45, 7) is 3.07. The highest BCUT2D eigenvalue weighted by Crippen LogP contribution is 2.31. The van der Waals surface area contributed by atoms with Gasteiger partial charge >= 0.3 is 5.97 Å². The van der Waals surface area contributed by atoms with Crippen LogP contribution in [-0.4, -0.2) is 17.6 Å². The maximum Gasteiger partial charge on any atom is 0.325 e. The van der Waals surface area contributed by atoms with Gasteiger partial charge in [0.15, 0.2) is 0 Å². The van der Waals surface area contributed by atoms with Gasteiger partial charge in [-0.15, -0.1) is 0 Å². The standard InChI is InChI=1S/C18H27NO2/c1-2-6-14-9-11-15(12-10-14)13-19-17(18(20)21)16-7-4-3-5-8-16/h3-5,7-8,14-15,17,19H,2,6,9-13H2,1H3,(H,20,21)/t14?,15?,17-/m1/s1. The van der Waals surface area contributed by atoms with E-state index in [0.29, 0.717) is 5.92 Å². The summed E-state index contributed by atoms with van der Waals surface area (Å²) < 4.78 is 0. The summed E-state index contributed by atoms with van der Waals surface area (Å²) >= 11 is 0. The molecule has 1 aliphatic rings. The van der Waals surface area contributed by atoms with Gasteiger partial charge in [-0.2, -0.15) is 0 Å². The first-order valence-corrected chi connectivity index (χ1v) is 8.21. The Morgan fingerprint density at radius 2 is 1.81 bits per heavy atom. The van der Waals surface area contributed by atoms with E-state index in [-0.39, 0.29) is 0 Å². The highest BCUT2D eigenvalue weighted by molar-refractivity contribution is 5.75. The van der Waals surface area contributed by atoms with Crippen LogP contribution in [0, 0.1) is 11.8 Å². The molecule has 1 atom stereocenters. The Bertz CT molecular complexity index is 424. The van der Waals surface area contributed by atoms with Gasteiger partial charge in [-0.3, -0.25) is 4.79 Å². The summed E-state index contributed by atoms with van der Waals surface area (Å²) in [7, 11) is 0. The number of aliphatic carboxylic acids is 1. The van der Waals surface area contributed by atoms with Crippen LogP contribution in [-0.2, 0) is 4.79 Å². The van der Waals surface area contributed by atoms with Crippen LogP contribution in [0.25, 0.3) is 0 Å². The molecule has 0 aromatic heterocycles. The Hall–Kier alpha value is -1.35. The van der Waals surface area contributed by atoms with Gasteiger partial charge < -0.3 is 10.4 Å². The molecule has 0 bridgehead atoms. The molecular formula is C18H27NO2. The summed E-state index contributed by atoms with van der Waals surface area (Å²) in [5.74, 6) is 0.736. The van der Waals surface area contributed by atoms with Crippen molar-refractivity contribution in [3.63, 3.8) is 0 Å². The van der Waals surface area contributed by atoms with Crippen LogP contribution in [0.1, 0.15) is 57.1 Å². The van der Waals surface area contributed by atoms with Gasteiger partial charge in [0, 0.05) is 0 Å². The second-order valence-electron chi connectivity index (χ2n) is 6.27. The van der Waals surface area contributed by atoms with Crippen LogP contribution in [0.4, 0.5) is 0 Å². The van der Waals surface area contributed by atoms with E-state index in [1.54, 1.807) is 0 Å². The number of carboxylic acid groups (broad SMARTS) is 1. The number of hydrogen-bond acceptors (Lipinski definition) is 2. The van der Waals surface area contributed by atoms with Crippen molar-refractivity contribution in [3.8, 4) is 0 Å². The van der Waals surface area contributed by atoms with Crippen molar-refractivity contribution in [2.75, 3.05) is 6.54 Å². The number of carboxylic acids is 1. The molecule has 1 saturated carbocycles. The van der Waals surface area contributed by atoms with Crippen molar-refractivity contribution >= 4 is 5.97 Å². The van der Waals surface area contributed by atoms with Crippen LogP contribution in [0.5, 0.6) is 0 Å². The molecule has 0 saturated heterocycles. The largest absolute Gasteiger partial charge is 0.480 e. The Labute approximate surface area is 127 Å². The first-order chi connectivity index (χ1) is 10.2. The smallest absolute Gasteiger partial charge is 0.325 e. The van der Waals surface area contributed by atoms with Gasteiger partial charge in [-0.25, -0.2) is 0 Å². The van der Waals surface area contributed by atoms with Crippen LogP contribution in [0.2, 0.25) is 0 Å². The monoisotopic (exact) mass is 289 g/mol. The fraction of sp³-hybridized carbons (Fsp3) is 0.611. The number of hydrogen-bond donors (Lipinski definition) is 2. The molecule has 116 valence electrons. The van der Waals surface area contributed by atoms with E-state index in [0.717, 1.165) is 18.0 Å². The lowest BCUT2D eigenvalue weighted by atomic mass is 9.80. The summed E-state index contributed by atoms with van der Waals surface area (Å²) in [5.41, 5.74) is 0.838. The van der Waals surface area contributed by atoms with Crippen LogP contribution in [0.3, 0.4) is 0 Å². The van der Waals surface area contributed by atoms with Gasteiger partial charge in [-0.1, -0.05) is 62.9 Å². The molecule has 3 nitrogen and oxygen atoms in total. The predicted molar refractivity (Wildman–Crippen MR) is 85.2 cm³/mol. The Morgan fingerprint density at radius 1 is 1.19 bits per heavy atom. The summed E-state index contributed by atoms with van der Waals surface area (Å²) in [5, 5.41) is 12.7. The SMILES string of the molecule is CCCC1CCC(CN[C@@H](C(=O)O)c2ccccc2)CC1. The van der Waals surface area contributed by atoms with Gasteiger partial charge in [0.2, 0.25) is 0 Å². The van der Waals surface area contributed by atoms with E-state index in [2.05, 4.69) is 12.2 Å². The normalized spacial score (nSPS) is 23.7. The zero-order valence-corrected chi connectivity index (χ0v) is 12.9. The second kappa shape index (κ2) is 8.18. The van der Waals surface area contributed by atoms with Crippen LogP contribution < -0.4 is 5.32 Å². The van der Waals surface area contributed by atoms with E-state index >= 15 is 0 Å². The topological polar surface area (TPSA) is 49.3 Å². The minimum Gasteiger partial charge on any atom is -0.480 e. The molecule has 2 rings (SSSR count). The van der Waals surface area contributed by atoms with E-state index in [9.17, 15) is 9.90 Å². The molecule has 1 aliphatic carbocycles. The number of benzene rings is 1. The molecule has 0 unspecified atom stereocenters. The van der Waals surface area contributed by atoms with E-state index in [1.807, 2.05) is 30.3 Å². The summed E-state index contributed by atoms with van der Waals surface area (Å²) in [6, 6.07) is 8.87. The Balaban J connectivity index is 1.82. The fourth-order valence-corrected chi connectivity index (χ4v) is 3.41. The first-order valence-electron chi connectivity index (χ1n) is 8.21. The number of nitrogens with one attached hydrogen (secondary N) is 1. The number of rotatable bonds is 7. The molecule has 2 N–H and O–H groups in total. The minimum absolute atomic E-state index is 0.584. The minimum atomic E-state index is -0.791. The molecule has 0 heterocycles. The molecule has 1 aromatic rings. The van der Waals surface area contributed by atoms with Gasteiger partial charge in [0.05, 0.1) is 0 Å². The lowest BCUT2D eigenvalue weighted by Crippen LogP contribution is -2.33. The lowest BCUT2D eigenvalue weighted by Gasteiger charge is -2.29. The quantitative estimate of drug-likeness (QED) is 0.797. The molecule has 0 radical (unpaired) electrons. The third kappa shape index (κ3) is 4.85. The lowest BCUT2D eigenvalue weighted by molar-refractivity contribution is -0.139. The fourth-order valence-electron chi connectivity index (χ4n) is 3.41. The zero-order valence-electron chi connectivity index (χ0n) is 12.9. The molecule has 3 heteroatoms. The maximum atomic E-state index is 11.4. The average molecular weight is 289 g/mol. The molecule has 1 fully saturated rings. The Kier molecular flexibility index (Phi) is 6.24. The second-order valence-corrected chi connectivity index (χ2v) is 6.27. The van der Waals surface area contributed by atoms with Gasteiger partial charge in [0.1, 0.15) is 6.04 Å². The predicted octanol–water partition coefficient (Wildman–Crippen LogP) is 4.01. The van der Waals surface area contributed by atoms with Gasteiger partial charge in [-0.05, 0) is 36.8 Å². The zero-order chi connectivity index (χ0) is 15.1. The van der Waals surface area contributed by atoms with Crippen molar-refractivity contribution < 1.29 is 9.90 Å². The molecule has 21 heavy (non-hydrogen) atoms. The van der Waals surface area contributed by atoms with Crippen molar-refractivity contribution in [2.45, 2.75) is 51.5 Å². The maximum absolute atomic E-state index is 11.4. The summed E-state index contributed by atoms with van der Waals surface area (Å²) in [6.07, 6.45) is 7.72. The molecule has 0 spiro atoms. The third-order valence-corrected chi connectivity index (χ3v) is 4.65. The van der Waals surface area contributed by atoms with E-state index in [1.165, 1.54) is 38.5 Å². The molecular weight excluding hydrogens is 262 g/mol. The Morgan fingerprint density at radius 3 is 2.38 bits per heavy atom. The highest BCUT2D eigenvalue weighted by Gasteiger charge is 2.24. The average Bonchev–Trinajstić information content (AvgIpc) is 2.50. The van der Waals surface area contributed by atoms with Crippen molar-refractivity contribution in [1.82, 2.24) is 5.32 Å². The van der Waals surface area contributed by atoms with Crippen molar-refractivity contribution in [2.24, 2.45) is 11.8 Å². The molecule has 0 amide bonds. The van der Waals surface area contributed by atoms with E-state index < -0.39 is 12.0 Å². The van der Waals surface area contributed by atoms with Crippen molar-refractivity contribution in [1.29, 1.82) is 0 Å². The molecule has 1 aromatic carbocycles. The molecule has 0 aliphatic heterocycles. The first kappa shape index (κ1) is 16.0. The summed E-state index contributed by atoms with van der Waals surface area (Å²) in [4.78, 5) is 11.4. The van der Waals surface area contributed by atoms with E-state index in [4.69, 9.17) is 0 Å². The van der Waals surface area contributed by atoms with Crippen LogP contribution >= 0.6 is 0 Å².